The van der Waals surface area contributed by atoms with E-state index < -0.39 is 0 Å². The summed E-state index contributed by atoms with van der Waals surface area (Å²) in [6, 6.07) is 12.7. The summed E-state index contributed by atoms with van der Waals surface area (Å²) in [4.78, 5) is 0. The highest BCUT2D eigenvalue weighted by molar-refractivity contribution is 14.1. The lowest BCUT2D eigenvalue weighted by atomic mass is 9.95. The smallest absolute Gasteiger partial charge is 0.0725 e. The number of ether oxygens (including phenoxy) is 1. The minimum absolute atomic E-state index is 0.0716. The number of rotatable bonds is 2. The van der Waals surface area contributed by atoms with E-state index in [0.717, 1.165) is 12.2 Å². The summed E-state index contributed by atoms with van der Waals surface area (Å²) in [6.07, 6.45) is 0. The Labute approximate surface area is 127 Å². The maximum atomic E-state index is 6.43. The topological polar surface area (TPSA) is 35.2 Å². The number of nitrogens with two attached hydrogens (primary N) is 1. The van der Waals surface area contributed by atoms with Gasteiger partial charge in [-0.25, -0.2) is 0 Å². The summed E-state index contributed by atoms with van der Waals surface area (Å²) < 4.78 is 6.71. The Kier molecular flexibility index (Phi) is 3.60. The summed E-state index contributed by atoms with van der Waals surface area (Å²) in [5.41, 5.74) is 12.6. The van der Waals surface area contributed by atoms with Gasteiger partial charge < -0.3 is 10.5 Å². The number of halogens is 1. The van der Waals surface area contributed by atoms with Crippen molar-refractivity contribution in [3.63, 3.8) is 0 Å². The van der Waals surface area contributed by atoms with Crippen LogP contribution in [0.1, 0.15) is 33.9 Å². The number of benzene rings is 2. The van der Waals surface area contributed by atoms with Gasteiger partial charge in [0.05, 0.1) is 19.3 Å². The highest BCUT2D eigenvalue weighted by atomic mass is 127. The van der Waals surface area contributed by atoms with Crippen molar-refractivity contribution >= 4 is 22.6 Å². The van der Waals surface area contributed by atoms with Crippen LogP contribution >= 0.6 is 22.6 Å². The Hall–Kier alpha value is -0.910. The molecular weight excluding hydrogens is 349 g/mol. The molecule has 2 aromatic rings. The number of aryl methyl sites for hydroxylation is 1. The quantitative estimate of drug-likeness (QED) is 0.825. The molecule has 19 heavy (non-hydrogen) atoms. The first-order chi connectivity index (χ1) is 9.16. The molecule has 0 aromatic heterocycles. The summed E-state index contributed by atoms with van der Waals surface area (Å²) in [7, 11) is 0. The minimum atomic E-state index is -0.0716. The molecule has 2 N–H and O–H groups in total. The standard InChI is InChI=1S/C16H16INO/c1-10-3-2-4-14(15(10)17)16(18)11-5-6-12-8-19-9-13(12)7-11/h2-7,16H,8-9,18H2,1H3. The SMILES string of the molecule is Cc1cccc(C(N)c2ccc3c(c2)COC3)c1I. The molecule has 0 saturated carbocycles. The average Bonchev–Trinajstić information content (AvgIpc) is 2.88. The zero-order valence-corrected chi connectivity index (χ0v) is 13.0. The van der Waals surface area contributed by atoms with Crippen LogP contribution in [0.25, 0.3) is 0 Å². The van der Waals surface area contributed by atoms with Crippen LogP contribution in [0.5, 0.6) is 0 Å². The Morgan fingerprint density at radius 2 is 1.95 bits per heavy atom. The van der Waals surface area contributed by atoms with Gasteiger partial charge in [0.2, 0.25) is 0 Å². The van der Waals surface area contributed by atoms with Gasteiger partial charge in [-0.15, -0.1) is 0 Å². The van der Waals surface area contributed by atoms with Crippen LogP contribution in [0.2, 0.25) is 0 Å². The molecule has 0 spiro atoms. The van der Waals surface area contributed by atoms with Crippen molar-refractivity contribution in [1.82, 2.24) is 0 Å². The van der Waals surface area contributed by atoms with Gasteiger partial charge in [-0.2, -0.15) is 0 Å². The molecule has 2 aromatic carbocycles. The third-order valence-electron chi connectivity index (χ3n) is 3.66. The fourth-order valence-electron chi connectivity index (χ4n) is 2.48. The molecule has 1 aliphatic heterocycles. The molecule has 2 nitrogen and oxygen atoms in total. The van der Waals surface area contributed by atoms with E-state index >= 15 is 0 Å². The minimum Gasteiger partial charge on any atom is -0.372 e. The van der Waals surface area contributed by atoms with E-state index in [-0.39, 0.29) is 6.04 Å². The van der Waals surface area contributed by atoms with Crippen molar-refractivity contribution in [3.8, 4) is 0 Å². The molecular formula is C16H16INO. The molecule has 1 atom stereocenters. The molecule has 0 fully saturated rings. The molecule has 98 valence electrons. The van der Waals surface area contributed by atoms with Crippen molar-refractivity contribution in [2.45, 2.75) is 26.2 Å². The Morgan fingerprint density at radius 1 is 1.16 bits per heavy atom. The number of hydrogen-bond acceptors (Lipinski definition) is 2. The van der Waals surface area contributed by atoms with Crippen molar-refractivity contribution in [3.05, 3.63) is 67.8 Å². The largest absolute Gasteiger partial charge is 0.372 e. The van der Waals surface area contributed by atoms with Crippen LogP contribution < -0.4 is 5.73 Å². The monoisotopic (exact) mass is 365 g/mol. The number of hydrogen-bond donors (Lipinski definition) is 1. The predicted molar refractivity (Wildman–Crippen MR) is 84.9 cm³/mol. The molecule has 0 radical (unpaired) electrons. The van der Waals surface area contributed by atoms with E-state index in [1.165, 1.54) is 25.8 Å². The van der Waals surface area contributed by atoms with Gasteiger partial charge in [-0.1, -0.05) is 36.4 Å². The van der Waals surface area contributed by atoms with E-state index in [2.05, 4.69) is 65.9 Å². The van der Waals surface area contributed by atoms with E-state index in [1.54, 1.807) is 0 Å². The van der Waals surface area contributed by atoms with E-state index in [0.29, 0.717) is 6.61 Å². The van der Waals surface area contributed by atoms with Crippen molar-refractivity contribution in [2.75, 3.05) is 0 Å². The van der Waals surface area contributed by atoms with E-state index in [4.69, 9.17) is 10.5 Å². The first-order valence-corrected chi connectivity index (χ1v) is 7.44. The molecule has 3 heteroatoms. The molecule has 0 aliphatic carbocycles. The van der Waals surface area contributed by atoms with Crippen LogP contribution in [0, 0.1) is 10.5 Å². The van der Waals surface area contributed by atoms with Crippen molar-refractivity contribution < 1.29 is 4.74 Å². The first kappa shape index (κ1) is 13.1. The van der Waals surface area contributed by atoms with Gasteiger partial charge in [-0.05, 0) is 57.3 Å². The van der Waals surface area contributed by atoms with Crippen LogP contribution in [0.4, 0.5) is 0 Å². The molecule has 1 heterocycles. The molecule has 0 amide bonds. The summed E-state index contributed by atoms with van der Waals surface area (Å²) in [5, 5.41) is 0. The maximum absolute atomic E-state index is 6.43. The second kappa shape index (κ2) is 5.23. The second-order valence-electron chi connectivity index (χ2n) is 4.98. The molecule has 1 aliphatic rings. The molecule has 0 bridgehead atoms. The summed E-state index contributed by atoms with van der Waals surface area (Å²) in [5.74, 6) is 0. The third-order valence-corrected chi connectivity index (χ3v) is 5.13. The predicted octanol–water partition coefficient (Wildman–Crippen LogP) is 3.68. The maximum Gasteiger partial charge on any atom is 0.0725 e. The summed E-state index contributed by atoms with van der Waals surface area (Å²) >= 11 is 2.38. The molecule has 3 rings (SSSR count). The van der Waals surface area contributed by atoms with E-state index in [9.17, 15) is 0 Å². The average molecular weight is 365 g/mol. The molecule has 0 saturated heterocycles. The van der Waals surface area contributed by atoms with Crippen LogP contribution in [-0.4, -0.2) is 0 Å². The lowest BCUT2D eigenvalue weighted by Crippen LogP contribution is -2.14. The highest BCUT2D eigenvalue weighted by Gasteiger charge is 2.17. The van der Waals surface area contributed by atoms with Crippen LogP contribution in [0.15, 0.2) is 36.4 Å². The highest BCUT2D eigenvalue weighted by Crippen LogP contribution is 2.29. The van der Waals surface area contributed by atoms with Gasteiger partial charge in [-0.3, -0.25) is 0 Å². The van der Waals surface area contributed by atoms with Gasteiger partial charge in [0.15, 0.2) is 0 Å². The third kappa shape index (κ3) is 2.42. The lowest BCUT2D eigenvalue weighted by Gasteiger charge is -2.16. The van der Waals surface area contributed by atoms with Crippen molar-refractivity contribution in [2.24, 2.45) is 5.73 Å². The zero-order valence-electron chi connectivity index (χ0n) is 10.8. The Bertz CT molecular complexity index is 624. The second-order valence-corrected chi connectivity index (χ2v) is 6.06. The fraction of sp³-hybridized carbons (Fsp3) is 0.250. The normalized spacial score (nSPS) is 15.3. The Morgan fingerprint density at radius 3 is 2.79 bits per heavy atom. The fourth-order valence-corrected chi connectivity index (χ4v) is 3.17. The van der Waals surface area contributed by atoms with Gasteiger partial charge >= 0.3 is 0 Å². The van der Waals surface area contributed by atoms with Gasteiger partial charge in [0, 0.05) is 3.57 Å². The van der Waals surface area contributed by atoms with Crippen LogP contribution in [-0.2, 0) is 18.0 Å². The zero-order chi connectivity index (χ0) is 13.4. The van der Waals surface area contributed by atoms with Gasteiger partial charge in [0.1, 0.15) is 0 Å². The molecule has 1 unspecified atom stereocenters. The first-order valence-electron chi connectivity index (χ1n) is 6.37. The van der Waals surface area contributed by atoms with Gasteiger partial charge in [0.25, 0.3) is 0 Å². The lowest BCUT2D eigenvalue weighted by molar-refractivity contribution is 0.134. The summed E-state index contributed by atoms with van der Waals surface area (Å²) in [6.45, 7) is 3.56. The van der Waals surface area contributed by atoms with Crippen molar-refractivity contribution in [1.29, 1.82) is 0 Å². The van der Waals surface area contributed by atoms with Crippen LogP contribution in [0.3, 0.4) is 0 Å². The Balaban J connectivity index is 2.00. The van der Waals surface area contributed by atoms with E-state index in [1.807, 2.05) is 0 Å². The number of fused-ring (bicyclic) bond motifs is 1.